The van der Waals surface area contributed by atoms with Crippen LogP contribution in [0.25, 0.3) is 11.2 Å². The number of nitrogens with zero attached hydrogens (tertiary/aromatic N) is 5. The van der Waals surface area contributed by atoms with Gasteiger partial charge < -0.3 is 15.2 Å². The van der Waals surface area contributed by atoms with Crippen molar-refractivity contribution < 1.29 is 0 Å². The topological polar surface area (TPSA) is 73.0 Å². The summed E-state index contributed by atoms with van der Waals surface area (Å²) in [6.07, 6.45) is 4.22. The van der Waals surface area contributed by atoms with Crippen molar-refractivity contribution in [3.63, 3.8) is 0 Å². The molecule has 1 aliphatic rings. The van der Waals surface area contributed by atoms with E-state index in [1.807, 2.05) is 7.05 Å². The number of H-pyrrole nitrogens is 1. The van der Waals surface area contributed by atoms with Crippen LogP contribution in [-0.4, -0.2) is 64.6 Å². The Morgan fingerprint density at radius 1 is 1.48 bits per heavy atom. The Kier molecular flexibility index (Phi) is 3.92. The van der Waals surface area contributed by atoms with Crippen molar-refractivity contribution in [1.82, 2.24) is 24.8 Å². The first-order chi connectivity index (χ1) is 10.2. The molecule has 1 fully saturated rings. The van der Waals surface area contributed by atoms with Gasteiger partial charge in [0.05, 0.1) is 6.33 Å². The highest BCUT2D eigenvalue weighted by Crippen LogP contribution is 2.24. The summed E-state index contributed by atoms with van der Waals surface area (Å²) in [4.78, 5) is 21.1. The van der Waals surface area contributed by atoms with Gasteiger partial charge in [-0.05, 0) is 25.9 Å². The lowest BCUT2D eigenvalue weighted by Crippen LogP contribution is -2.39. The minimum atomic E-state index is 0.603. The predicted octanol–water partition coefficient (Wildman–Crippen LogP) is 1.32. The highest BCUT2D eigenvalue weighted by molar-refractivity contribution is 5.84. The van der Waals surface area contributed by atoms with Crippen molar-refractivity contribution in [2.75, 3.05) is 43.9 Å². The van der Waals surface area contributed by atoms with Crippen molar-refractivity contribution >= 4 is 22.9 Å². The third-order valence-electron chi connectivity index (χ3n) is 4.24. The van der Waals surface area contributed by atoms with E-state index in [0.29, 0.717) is 17.6 Å². The maximum atomic E-state index is 4.60. The summed E-state index contributed by atoms with van der Waals surface area (Å²) in [5.41, 5.74) is 1.60. The monoisotopic (exact) mass is 289 g/mol. The SMILES string of the molecule is CCN1CCCC1CN(C)c1nc(NC)nc2nc[nH]c12. The molecule has 2 aromatic heterocycles. The highest BCUT2D eigenvalue weighted by atomic mass is 15.3. The van der Waals surface area contributed by atoms with Crippen LogP contribution in [-0.2, 0) is 0 Å². The number of fused-ring (bicyclic) bond motifs is 1. The summed E-state index contributed by atoms with van der Waals surface area (Å²) in [5, 5.41) is 3.00. The van der Waals surface area contributed by atoms with Gasteiger partial charge in [0.25, 0.3) is 0 Å². The summed E-state index contributed by atoms with van der Waals surface area (Å²) in [5.74, 6) is 1.51. The number of nitrogens with one attached hydrogen (secondary N) is 2. The first-order valence-corrected chi connectivity index (χ1v) is 7.57. The molecule has 0 bridgehead atoms. The van der Waals surface area contributed by atoms with Crippen LogP contribution >= 0.6 is 0 Å². The lowest BCUT2D eigenvalue weighted by molar-refractivity contribution is 0.270. The Morgan fingerprint density at radius 2 is 2.33 bits per heavy atom. The standard InChI is InChI=1S/C14H23N7/c1-4-21-7-5-6-10(21)8-20(3)13-11-12(17-9-16-11)18-14(15-2)19-13/h9-10H,4-8H2,1-3H3,(H2,15,16,17,18,19). The van der Waals surface area contributed by atoms with Crippen LogP contribution in [0.3, 0.4) is 0 Å². The fraction of sp³-hybridized carbons (Fsp3) is 0.643. The van der Waals surface area contributed by atoms with Crippen LogP contribution in [0, 0.1) is 0 Å². The van der Waals surface area contributed by atoms with Crippen LogP contribution < -0.4 is 10.2 Å². The van der Waals surface area contributed by atoms with Gasteiger partial charge in [-0.15, -0.1) is 0 Å². The van der Waals surface area contributed by atoms with Crippen molar-refractivity contribution in [3.05, 3.63) is 6.33 Å². The van der Waals surface area contributed by atoms with E-state index in [1.165, 1.54) is 19.4 Å². The van der Waals surface area contributed by atoms with E-state index < -0.39 is 0 Å². The second-order valence-corrected chi connectivity index (χ2v) is 5.53. The highest BCUT2D eigenvalue weighted by Gasteiger charge is 2.25. The molecule has 1 unspecified atom stereocenters. The number of hydrogen-bond acceptors (Lipinski definition) is 6. The zero-order chi connectivity index (χ0) is 14.8. The minimum absolute atomic E-state index is 0.603. The molecule has 1 aliphatic heterocycles. The molecule has 7 heteroatoms. The van der Waals surface area contributed by atoms with E-state index in [2.05, 4.69) is 49.0 Å². The molecule has 2 aromatic rings. The van der Waals surface area contributed by atoms with Crippen LogP contribution in [0.1, 0.15) is 19.8 Å². The molecule has 7 nitrogen and oxygen atoms in total. The zero-order valence-electron chi connectivity index (χ0n) is 12.9. The van der Waals surface area contributed by atoms with Gasteiger partial charge in [0.1, 0.15) is 5.52 Å². The molecule has 1 saturated heterocycles. The predicted molar refractivity (Wildman–Crippen MR) is 84.8 cm³/mol. The fourth-order valence-electron chi connectivity index (χ4n) is 3.13. The maximum Gasteiger partial charge on any atom is 0.226 e. The molecular formula is C14H23N7. The van der Waals surface area contributed by atoms with Crippen LogP contribution in [0.5, 0.6) is 0 Å². The quantitative estimate of drug-likeness (QED) is 0.865. The Bertz CT molecular complexity index is 608. The van der Waals surface area contributed by atoms with E-state index in [0.717, 1.165) is 24.4 Å². The van der Waals surface area contributed by atoms with Gasteiger partial charge >= 0.3 is 0 Å². The molecule has 2 N–H and O–H groups in total. The van der Waals surface area contributed by atoms with Crippen molar-refractivity contribution in [3.8, 4) is 0 Å². The molecule has 0 aromatic carbocycles. The van der Waals surface area contributed by atoms with Crippen molar-refractivity contribution in [2.45, 2.75) is 25.8 Å². The van der Waals surface area contributed by atoms with E-state index in [1.54, 1.807) is 6.33 Å². The van der Waals surface area contributed by atoms with Crippen LogP contribution in [0.2, 0.25) is 0 Å². The summed E-state index contributed by atoms with van der Waals surface area (Å²) in [6, 6.07) is 0.603. The van der Waals surface area contributed by atoms with Gasteiger partial charge in [0.15, 0.2) is 11.5 Å². The summed E-state index contributed by atoms with van der Waals surface area (Å²) in [7, 11) is 3.92. The number of hydrogen-bond donors (Lipinski definition) is 2. The largest absolute Gasteiger partial charge is 0.357 e. The Labute approximate surface area is 124 Å². The molecule has 3 heterocycles. The molecule has 114 valence electrons. The van der Waals surface area contributed by atoms with Crippen molar-refractivity contribution in [2.24, 2.45) is 0 Å². The molecule has 0 spiro atoms. The minimum Gasteiger partial charge on any atom is -0.357 e. The van der Waals surface area contributed by atoms with Crippen LogP contribution in [0.15, 0.2) is 6.33 Å². The maximum absolute atomic E-state index is 4.60. The number of anilines is 2. The molecule has 0 aliphatic carbocycles. The normalized spacial score (nSPS) is 19.3. The number of aromatic nitrogens is 4. The van der Waals surface area contributed by atoms with Crippen molar-refractivity contribution in [1.29, 1.82) is 0 Å². The molecule has 3 rings (SSSR count). The van der Waals surface area contributed by atoms with Gasteiger partial charge in [-0.2, -0.15) is 9.97 Å². The molecule has 0 amide bonds. The molecule has 0 saturated carbocycles. The second kappa shape index (κ2) is 5.85. The van der Waals surface area contributed by atoms with Crippen LogP contribution in [0.4, 0.5) is 11.8 Å². The van der Waals surface area contributed by atoms with Gasteiger partial charge in [0, 0.05) is 26.7 Å². The van der Waals surface area contributed by atoms with E-state index in [4.69, 9.17) is 0 Å². The van der Waals surface area contributed by atoms with Gasteiger partial charge in [0.2, 0.25) is 5.95 Å². The van der Waals surface area contributed by atoms with E-state index in [9.17, 15) is 0 Å². The third kappa shape index (κ3) is 2.65. The Balaban J connectivity index is 1.86. The number of imidazole rings is 1. The average molecular weight is 289 g/mol. The van der Waals surface area contributed by atoms with E-state index >= 15 is 0 Å². The van der Waals surface area contributed by atoms with Gasteiger partial charge in [-0.3, -0.25) is 4.90 Å². The summed E-state index contributed by atoms with van der Waals surface area (Å²) < 4.78 is 0. The molecule has 1 atom stereocenters. The third-order valence-corrected chi connectivity index (χ3v) is 4.24. The number of likely N-dealkylation sites (tertiary alicyclic amines) is 1. The Hall–Kier alpha value is -1.89. The fourth-order valence-corrected chi connectivity index (χ4v) is 3.13. The number of aromatic amines is 1. The second-order valence-electron chi connectivity index (χ2n) is 5.53. The molecule has 0 radical (unpaired) electrons. The lowest BCUT2D eigenvalue weighted by atomic mass is 10.2. The first-order valence-electron chi connectivity index (χ1n) is 7.57. The van der Waals surface area contributed by atoms with Gasteiger partial charge in [-0.25, -0.2) is 4.98 Å². The Morgan fingerprint density at radius 3 is 3.10 bits per heavy atom. The summed E-state index contributed by atoms with van der Waals surface area (Å²) in [6.45, 7) is 5.53. The number of rotatable bonds is 5. The molecular weight excluding hydrogens is 266 g/mol. The zero-order valence-corrected chi connectivity index (χ0v) is 12.9. The first kappa shape index (κ1) is 14.1. The van der Waals surface area contributed by atoms with Gasteiger partial charge in [-0.1, -0.05) is 6.92 Å². The lowest BCUT2D eigenvalue weighted by Gasteiger charge is -2.28. The molecule has 21 heavy (non-hydrogen) atoms. The smallest absolute Gasteiger partial charge is 0.226 e. The summed E-state index contributed by atoms with van der Waals surface area (Å²) >= 11 is 0. The van der Waals surface area contributed by atoms with E-state index in [-0.39, 0.29) is 0 Å². The number of likely N-dealkylation sites (N-methyl/N-ethyl adjacent to an activating group) is 2. The average Bonchev–Trinajstić information content (AvgIpc) is 3.14.